The minimum atomic E-state index is -4.92. The third-order valence-corrected chi connectivity index (χ3v) is 4.48. The highest BCUT2D eigenvalue weighted by molar-refractivity contribution is 7.84. The highest BCUT2D eigenvalue weighted by Crippen LogP contribution is 2.37. The number of aromatic nitrogens is 2. The molecule has 0 spiro atoms. The van der Waals surface area contributed by atoms with Crippen LogP contribution in [0.2, 0.25) is 10.0 Å². The quantitative estimate of drug-likeness (QED) is 0.749. The number of nitrogens with zero attached hydrogens (tertiary/aromatic N) is 3. The smallest absolute Gasteiger partial charge is 0.406 e. The Balaban J connectivity index is 2.61. The summed E-state index contributed by atoms with van der Waals surface area (Å²) in [4.78, 5) is 10.6. The lowest BCUT2D eigenvalue weighted by molar-refractivity contribution is -0.274. The van der Waals surface area contributed by atoms with Gasteiger partial charge in [-0.2, -0.15) is 10.0 Å². The Morgan fingerprint density at radius 2 is 1.92 bits per heavy atom. The van der Waals surface area contributed by atoms with Gasteiger partial charge in [-0.1, -0.05) is 28.4 Å². The highest BCUT2D eigenvalue weighted by Gasteiger charge is 2.32. The van der Waals surface area contributed by atoms with E-state index in [1.54, 1.807) is 0 Å². The summed E-state index contributed by atoms with van der Waals surface area (Å²) in [5.41, 5.74) is 5.86. The Kier molecular flexibility index (Phi) is 5.59. The molecule has 1 aromatic carbocycles. The third-order valence-electron chi connectivity index (χ3n) is 2.88. The van der Waals surface area contributed by atoms with E-state index < -0.39 is 29.5 Å². The van der Waals surface area contributed by atoms with Gasteiger partial charge < -0.3 is 10.5 Å². The zero-order chi connectivity index (χ0) is 18.9. The molecule has 1 atom stereocenters. The number of nitrogens with two attached hydrogens (primary N) is 1. The number of alkyl halides is 3. The van der Waals surface area contributed by atoms with Crippen molar-refractivity contribution in [2.75, 3.05) is 12.0 Å². The van der Waals surface area contributed by atoms with Crippen LogP contribution in [-0.4, -0.2) is 26.6 Å². The molecule has 0 aliphatic rings. The van der Waals surface area contributed by atoms with Crippen molar-refractivity contribution in [3.63, 3.8) is 0 Å². The van der Waals surface area contributed by atoms with E-state index in [4.69, 9.17) is 28.9 Å². The van der Waals surface area contributed by atoms with Crippen LogP contribution in [-0.2, 0) is 17.3 Å². The predicted molar refractivity (Wildman–Crippen MR) is 86.5 cm³/mol. The van der Waals surface area contributed by atoms with Gasteiger partial charge in [0.05, 0.1) is 20.8 Å². The summed E-state index contributed by atoms with van der Waals surface area (Å²) < 4.78 is 53.5. The Hall–Kier alpha value is -1.85. The molecule has 0 saturated heterocycles. The Morgan fingerprint density at radius 1 is 1.36 bits per heavy atom. The van der Waals surface area contributed by atoms with Gasteiger partial charge in [0.15, 0.2) is 0 Å². The molecule has 13 heteroatoms. The zero-order valence-electron chi connectivity index (χ0n) is 12.3. The minimum absolute atomic E-state index is 0.0380. The van der Waals surface area contributed by atoms with Crippen molar-refractivity contribution in [2.24, 2.45) is 5.18 Å². The van der Waals surface area contributed by atoms with Crippen LogP contribution in [0.5, 0.6) is 5.75 Å². The van der Waals surface area contributed by atoms with Crippen LogP contribution in [0.15, 0.2) is 22.2 Å². The first kappa shape index (κ1) is 19.5. The van der Waals surface area contributed by atoms with Crippen molar-refractivity contribution in [3.05, 3.63) is 32.8 Å². The summed E-state index contributed by atoms with van der Waals surface area (Å²) >= 11 is 12.0. The summed E-state index contributed by atoms with van der Waals surface area (Å²) in [6.07, 6.45) is -3.61. The molecular weight excluding hydrogens is 408 g/mol. The van der Waals surface area contributed by atoms with Crippen LogP contribution in [0.4, 0.5) is 19.0 Å². The average molecular weight is 417 g/mol. The van der Waals surface area contributed by atoms with E-state index >= 15 is 0 Å². The summed E-state index contributed by atoms with van der Waals surface area (Å²) in [6, 6.07) is 1.75. The van der Waals surface area contributed by atoms with E-state index in [1.807, 2.05) is 0 Å². The second-order valence-corrected chi connectivity index (χ2v) is 6.73. The Morgan fingerprint density at radius 3 is 2.36 bits per heavy atom. The fraction of sp³-hybridized carbons (Fsp3) is 0.250. The second-order valence-electron chi connectivity index (χ2n) is 4.60. The molecule has 136 valence electrons. The molecule has 0 bridgehead atoms. The van der Waals surface area contributed by atoms with Gasteiger partial charge in [0.25, 0.3) is 0 Å². The van der Waals surface area contributed by atoms with Gasteiger partial charge >= 0.3 is 6.36 Å². The maximum absolute atomic E-state index is 12.3. The molecule has 2 rings (SSSR count). The summed E-state index contributed by atoms with van der Waals surface area (Å²) in [7, 11) is -1.60. The number of ether oxygens (including phenoxy) is 1. The van der Waals surface area contributed by atoms with Gasteiger partial charge in [0.1, 0.15) is 34.4 Å². The van der Waals surface area contributed by atoms with Crippen LogP contribution in [0, 0.1) is 4.91 Å². The van der Waals surface area contributed by atoms with Crippen LogP contribution in [0.1, 0.15) is 5.69 Å². The van der Waals surface area contributed by atoms with E-state index in [0.717, 1.165) is 16.8 Å². The van der Waals surface area contributed by atoms with Gasteiger partial charge in [-0.25, -0.2) is 4.68 Å². The van der Waals surface area contributed by atoms with Crippen LogP contribution < -0.4 is 10.5 Å². The zero-order valence-corrected chi connectivity index (χ0v) is 14.6. The average Bonchev–Trinajstić information content (AvgIpc) is 2.73. The van der Waals surface area contributed by atoms with E-state index in [0.29, 0.717) is 0 Å². The number of benzene rings is 1. The third kappa shape index (κ3) is 4.22. The normalized spacial score (nSPS) is 12.9. The van der Waals surface area contributed by atoms with Crippen molar-refractivity contribution in [1.82, 2.24) is 9.78 Å². The number of nitroso groups, excluding NO2 is 1. The maximum atomic E-state index is 12.3. The molecule has 2 N–H and O–H groups in total. The van der Waals surface area contributed by atoms with Gasteiger partial charge in [0.2, 0.25) is 0 Å². The molecule has 1 heterocycles. The number of hydrogen-bond donors (Lipinski definition) is 1. The highest BCUT2D eigenvalue weighted by atomic mass is 35.5. The fourth-order valence-electron chi connectivity index (χ4n) is 2.05. The second kappa shape index (κ2) is 7.18. The fourth-order valence-corrected chi connectivity index (χ4v) is 3.49. The molecule has 7 nitrogen and oxygen atoms in total. The minimum Gasteiger partial charge on any atom is -0.406 e. The molecule has 2 aromatic rings. The lowest BCUT2D eigenvalue weighted by Crippen LogP contribution is -2.17. The van der Waals surface area contributed by atoms with Gasteiger partial charge in [-0.3, -0.25) is 4.21 Å². The first-order valence-electron chi connectivity index (χ1n) is 6.30. The molecule has 0 aliphatic carbocycles. The number of anilines is 1. The van der Waals surface area contributed by atoms with Crippen molar-refractivity contribution in [3.8, 4) is 11.4 Å². The first-order valence-corrected chi connectivity index (χ1v) is 8.61. The Bertz CT molecular complexity index is 834. The van der Waals surface area contributed by atoms with Crippen molar-refractivity contribution in [1.29, 1.82) is 0 Å². The largest absolute Gasteiger partial charge is 0.573 e. The van der Waals surface area contributed by atoms with Crippen molar-refractivity contribution in [2.45, 2.75) is 17.8 Å². The van der Waals surface area contributed by atoms with Crippen LogP contribution in [0.3, 0.4) is 0 Å². The molecule has 25 heavy (non-hydrogen) atoms. The standard InChI is InChI=1S/C12H9Cl2F3N4O3S/c1-25(23)10-8(4-19-22)20-21(11(10)18)9-6(13)2-5(3-7(9)14)24-12(15,16)17/h2-3H,4,18H2,1H3. The van der Waals surface area contributed by atoms with E-state index in [9.17, 15) is 22.3 Å². The van der Waals surface area contributed by atoms with Crippen LogP contribution >= 0.6 is 23.2 Å². The predicted octanol–water partition coefficient (Wildman–Crippen LogP) is 3.66. The monoisotopic (exact) mass is 416 g/mol. The molecule has 0 amide bonds. The van der Waals surface area contributed by atoms with Crippen molar-refractivity contribution < 1.29 is 22.1 Å². The molecule has 0 fully saturated rings. The van der Waals surface area contributed by atoms with E-state index in [-0.39, 0.29) is 32.1 Å². The number of nitrogen functional groups attached to an aromatic ring is 1. The summed E-state index contributed by atoms with van der Waals surface area (Å²) in [5.74, 6) is -0.765. The lowest BCUT2D eigenvalue weighted by Gasteiger charge is -2.13. The molecule has 0 saturated carbocycles. The van der Waals surface area contributed by atoms with Gasteiger partial charge in [-0.15, -0.1) is 13.2 Å². The number of rotatable bonds is 5. The molecule has 1 unspecified atom stereocenters. The van der Waals surface area contributed by atoms with Crippen molar-refractivity contribution >= 4 is 39.8 Å². The summed E-state index contributed by atoms with van der Waals surface area (Å²) in [6.45, 7) is -0.406. The molecular formula is C12H9Cl2F3N4O3S. The molecule has 0 aliphatic heterocycles. The Labute approximate surface area is 151 Å². The lowest BCUT2D eigenvalue weighted by atomic mass is 10.3. The summed E-state index contributed by atoms with van der Waals surface area (Å²) in [5, 5.41) is 6.16. The van der Waals surface area contributed by atoms with Gasteiger partial charge in [-0.05, 0) is 0 Å². The number of hydrogen-bond acceptors (Lipinski definition) is 6. The van der Waals surface area contributed by atoms with E-state index in [1.165, 1.54) is 6.26 Å². The molecule has 1 aromatic heterocycles. The maximum Gasteiger partial charge on any atom is 0.573 e. The van der Waals surface area contributed by atoms with Crippen LogP contribution in [0.25, 0.3) is 5.69 Å². The first-order chi connectivity index (χ1) is 11.5. The van der Waals surface area contributed by atoms with E-state index in [2.05, 4.69) is 15.0 Å². The van der Waals surface area contributed by atoms with Gasteiger partial charge in [0, 0.05) is 18.4 Å². The topological polar surface area (TPSA) is 99.6 Å². The number of halogens is 5. The SMILES string of the molecule is CS(=O)c1c(CN=O)nn(-c2c(Cl)cc(OC(F)(F)F)cc2Cl)c1N. The molecule has 0 radical (unpaired) electrons.